The molecule has 1 atom stereocenters. The third kappa shape index (κ3) is 4.56. The third-order valence-corrected chi connectivity index (χ3v) is 4.65. The summed E-state index contributed by atoms with van der Waals surface area (Å²) in [6.45, 7) is 7.11. The summed E-state index contributed by atoms with van der Waals surface area (Å²) < 4.78 is 0. The van der Waals surface area contributed by atoms with Crippen molar-refractivity contribution in [1.29, 1.82) is 0 Å². The number of rotatable bonds is 5. The van der Waals surface area contributed by atoms with E-state index in [9.17, 15) is 0 Å². The van der Waals surface area contributed by atoms with E-state index in [0.29, 0.717) is 0 Å². The third-order valence-electron chi connectivity index (χ3n) is 3.52. The van der Waals surface area contributed by atoms with Crippen LogP contribution in [0.1, 0.15) is 34.1 Å². The maximum absolute atomic E-state index is 4.46. The molecule has 0 aliphatic carbocycles. The zero-order valence-electron chi connectivity index (χ0n) is 13.7. The van der Waals surface area contributed by atoms with E-state index in [1.165, 1.54) is 10.4 Å². The Morgan fingerprint density at radius 2 is 2.00 bits per heavy atom. The molecule has 0 fully saturated rings. The Labute approximate surface area is 136 Å². The molecule has 0 aliphatic rings. The van der Waals surface area contributed by atoms with Gasteiger partial charge in [-0.25, -0.2) is 4.98 Å². The number of hydrogen-bond acceptors (Lipinski definition) is 3. The molecule has 2 N–H and O–H groups in total. The van der Waals surface area contributed by atoms with E-state index in [0.717, 1.165) is 29.6 Å². The van der Waals surface area contributed by atoms with E-state index in [-0.39, 0.29) is 6.04 Å². The van der Waals surface area contributed by atoms with Gasteiger partial charge >= 0.3 is 0 Å². The summed E-state index contributed by atoms with van der Waals surface area (Å²) in [5.41, 5.74) is 2.39. The first-order chi connectivity index (χ1) is 10.6. The number of nitrogens with one attached hydrogen (secondary N) is 2. The fraction of sp³-hybridized carbons (Fsp3) is 0.412. The molecule has 1 aromatic carbocycles. The van der Waals surface area contributed by atoms with Gasteiger partial charge in [-0.15, -0.1) is 11.3 Å². The predicted octanol–water partition coefficient (Wildman–Crippen LogP) is 3.23. The molecule has 2 rings (SSSR count). The van der Waals surface area contributed by atoms with Crippen LogP contribution in [0.2, 0.25) is 0 Å². The van der Waals surface area contributed by atoms with Crippen LogP contribution in [-0.2, 0) is 6.42 Å². The Hall–Kier alpha value is -1.88. The van der Waals surface area contributed by atoms with Gasteiger partial charge in [0.1, 0.15) is 0 Å². The highest BCUT2D eigenvalue weighted by Gasteiger charge is 2.08. The standard InChI is InChI=1S/C17H24N4S/c1-12(15-8-6-5-7-9-15)21-17(18-4)19-11-10-16-13(2)20-14(3)22-16/h5-9,12H,10-11H2,1-4H3,(H2,18,19,21). The molecular weight excluding hydrogens is 292 g/mol. The number of aromatic nitrogens is 1. The van der Waals surface area contributed by atoms with Crippen LogP contribution in [-0.4, -0.2) is 24.5 Å². The van der Waals surface area contributed by atoms with E-state index in [4.69, 9.17) is 0 Å². The van der Waals surface area contributed by atoms with Gasteiger partial charge in [0.25, 0.3) is 0 Å². The Bertz CT molecular complexity index is 619. The Balaban J connectivity index is 1.84. The summed E-state index contributed by atoms with van der Waals surface area (Å²) in [4.78, 5) is 10.1. The average molecular weight is 316 g/mol. The number of guanidine groups is 1. The molecular formula is C17H24N4S. The zero-order valence-corrected chi connectivity index (χ0v) is 14.5. The van der Waals surface area contributed by atoms with Crippen LogP contribution >= 0.6 is 11.3 Å². The maximum atomic E-state index is 4.46. The number of aryl methyl sites for hydroxylation is 2. The number of hydrogen-bond donors (Lipinski definition) is 2. The maximum Gasteiger partial charge on any atom is 0.191 e. The van der Waals surface area contributed by atoms with Crippen molar-refractivity contribution in [3.63, 3.8) is 0 Å². The summed E-state index contributed by atoms with van der Waals surface area (Å²) in [6, 6.07) is 10.6. The molecule has 2 aromatic rings. The topological polar surface area (TPSA) is 49.3 Å². The highest BCUT2D eigenvalue weighted by Crippen LogP contribution is 2.17. The van der Waals surface area contributed by atoms with Gasteiger partial charge in [-0.3, -0.25) is 4.99 Å². The van der Waals surface area contributed by atoms with Crippen LogP contribution in [0.3, 0.4) is 0 Å². The number of benzene rings is 1. The van der Waals surface area contributed by atoms with E-state index < -0.39 is 0 Å². The molecule has 0 saturated heterocycles. The molecule has 0 radical (unpaired) electrons. The van der Waals surface area contributed by atoms with Crippen molar-refractivity contribution in [2.45, 2.75) is 33.2 Å². The second-order valence-electron chi connectivity index (χ2n) is 5.27. The Morgan fingerprint density at radius 1 is 1.27 bits per heavy atom. The predicted molar refractivity (Wildman–Crippen MR) is 94.6 cm³/mol. The van der Waals surface area contributed by atoms with Crippen molar-refractivity contribution < 1.29 is 0 Å². The van der Waals surface area contributed by atoms with Crippen LogP contribution in [0, 0.1) is 13.8 Å². The lowest BCUT2D eigenvalue weighted by molar-refractivity contribution is 0.684. The first kappa shape index (κ1) is 16.5. The van der Waals surface area contributed by atoms with Crippen LogP contribution in [0.25, 0.3) is 0 Å². The van der Waals surface area contributed by atoms with Crippen LogP contribution in [0.4, 0.5) is 0 Å². The van der Waals surface area contributed by atoms with Crippen molar-refractivity contribution in [2.24, 2.45) is 4.99 Å². The van der Waals surface area contributed by atoms with E-state index in [1.54, 1.807) is 18.4 Å². The van der Waals surface area contributed by atoms with Gasteiger partial charge in [0, 0.05) is 24.9 Å². The molecule has 1 unspecified atom stereocenters. The zero-order chi connectivity index (χ0) is 15.9. The summed E-state index contributed by atoms with van der Waals surface area (Å²) >= 11 is 1.77. The first-order valence-corrected chi connectivity index (χ1v) is 8.37. The highest BCUT2D eigenvalue weighted by atomic mass is 32.1. The van der Waals surface area contributed by atoms with Crippen LogP contribution in [0.15, 0.2) is 35.3 Å². The monoisotopic (exact) mass is 316 g/mol. The van der Waals surface area contributed by atoms with Gasteiger partial charge in [0.05, 0.1) is 16.7 Å². The molecule has 0 spiro atoms. The lowest BCUT2D eigenvalue weighted by Crippen LogP contribution is -2.39. The Morgan fingerprint density at radius 3 is 2.59 bits per heavy atom. The molecule has 118 valence electrons. The van der Waals surface area contributed by atoms with Crippen molar-refractivity contribution in [1.82, 2.24) is 15.6 Å². The highest BCUT2D eigenvalue weighted by molar-refractivity contribution is 7.11. The van der Waals surface area contributed by atoms with Gasteiger partial charge < -0.3 is 10.6 Å². The largest absolute Gasteiger partial charge is 0.356 e. The van der Waals surface area contributed by atoms with E-state index in [1.807, 2.05) is 6.07 Å². The van der Waals surface area contributed by atoms with Crippen molar-refractivity contribution >= 4 is 17.3 Å². The minimum atomic E-state index is 0.222. The number of thiazole rings is 1. The summed E-state index contributed by atoms with van der Waals surface area (Å²) in [5.74, 6) is 0.829. The van der Waals surface area contributed by atoms with Crippen LogP contribution in [0.5, 0.6) is 0 Å². The summed E-state index contributed by atoms with van der Waals surface area (Å²) in [5, 5.41) is 7.92. The molecule has 5 heteroatoms. The molecule has 1 aromatic heterocycles. The van der Waals surface area contributed by atoms with Gasteiger partial charge in [0.15, 0.2) is 5.96 Å². The fourth-order valence-electron chi connectivity index (χ4n) is 2.32. The SMILES string of the molecule is CN=C(NCCc1sc(C)nc1C)NC(C)c1ccccc1. The minimum Gasteiger partial charge on any atom is -0.356 e. The van der Waals surface area contributed by atoms with Crippen molar-refractivity contribution in [3.8, 4) is 0 Å². The second-order valence-corrected chi connectivity index (χ2v) is 6.55. The fourth-order valence-corrected chi connectivity index (χ4v) is 3.26. The molecule has 1 heterocycles. The van der Waals surface area contributed by atoms with Crippen molar-refractivity contribution in [3.05, 3.63) is 51.5 Å². The normalized spacial score (nSPS) is 13.0. The average Bonchev–Trinajstić information content (AvgIpc) is 2.84. The van der Waals surface area contributed by atoms with Crippen LogP contribution < -0.4 is 10.6 Å². The van der Waals surface area contributed by atoms with Gasteiger partial charge in [-0.05, 0) is 26.3 Å². The number of aliphatic imine (C=N–C) groups is 1. The molecule has 0 bridgehead atoms. The minimum absolute atomic E-state index is 0.222. The molecule has 0 amide bonds. The van der Waals surface area contributed by atoms with Gasteiger partial charge in [-0.2, -0.15) is 0 Å². The number of nitrogens with zero attached hydrogens (tertiary/aromatic N) is 2. The smallest absolute Gasteiger partial charge is 0.191 e. The van der Waals surface area contributed by atoms with E-state index in [2.05, 4.69) is 65.6 Å². The van der Waals surface area contributed by atoms with E-state index >= 15 is 0 Å². The van der Waals surface area contributed by atoms with Gasteiger partial charge in [0.2, 0.25) is 0 Å². The molecule has 0 saturated carbocycles. The molecule has 0 aliphatic heterocycles. The molecule has 4 nitrogen and oxygen atoms in total. The quantitative estimate of drug-likeness (QED) is 0.658. The lowest BCUT2D eigenvalue weighted by atomic mass is 10.1. The molecule has 22 heavy (non-hydrogen) atoms. The van der Waals surface area contributed by atoms with Gasteiger partial charge in [-0.1, -0.05) is 30.3 Å². The summed E-state index contributed by atoms with van der Waals surface area (Å²) in [6.07, 6.45) is 0.970. The lowest BCUT2D eigenvalue weighted by Gasteiger charge is -2.18. The first-order valence-electron chi connectivity index (χ1n) is 7.55. The van der Waals surface area contributed by atoms with Crippen molar-refractivity contribution in [2.75, 3.05) is 13.6 Å². The Kier molecular flexibility index (Phi) is 5.95. The summed E-state index contributed by atoms with van der Waals surface area (Å²) in [7, 11) is 1.80. The second kappa shape index (κ2) is 7.94.